The molecule has 0 amide bonds. The maximum Gasteiger partial charge on any atom is 0.150 e. The van der Waals surface area contributed by atoms with E-state index < -0.39 is 5.82 Å². The van der Waals surface area contributed by atoms with E-state index in [0.29, 0.717) is 5.56 Å². The average Bonchev–Trinajstić information content (AvgIpc) is 3.32. The van der Waals surface area contributed by atoms with Gasteiger partial charge in [-0.3, -0.25) is 0 Å². The van der Waals surface area contributed by atoms with Gasteiger partial charge in [-0.15, -0.1) is 0 Å². The van der Waals surface area contributed by atoms with Crippen LogP contribution in [0.3, 0.4) is 0 Å². The Morgan fingerprint density at radius 3 is 2.56 bits per heavy atom. The van der Waals surface area contributed by atoms with Crippen molar-refractivity contribution in [3.63, 3.8) is 0 Å². The molecular formula is C22H16FNS. The van der Waals surface area contributed by atoms with Gasteiger partial charge in [0.2, 0.25) is 0 Å². The van der Waals surface area contributed by atoms with Crippen molar-refractivity contribution in [2.45, 2.75) is 25.7 Å². The fraction of sp³-hybridized carbons (Fsp3) is 0.227. The molecule has 4 rings (SSSR count). The van der Waals surface area contributed by atoms with Gasteiger partial charge >= 0.3 is 0 Å². The van der Waals surface area contributed by atoms with Crippen LogP contribution in [0.4, 0.5) is 10.1 Å². The Balaban J connectivity index is 1.51. The van der Waals surface area contributed by atoms with Gasteiger partial charge in [0, 0.05) is 11.1 Å². The van der Waals surface area contributed by atoms with Crippen molar-refractivity contribution in [3.05, 3.63) is 70.0 Å². The lowest BCUT2D eigenvalue weighted by Crippen LogP contribution is -1.88. The van der Waals surface area contributed by atoms with Crippen molar-refractivity contribution in [1.82, 2.24) is 0 Å². The number of nitrogens with zero attached hydrogens (tertiary/aromatic N) is 1. The molecule has 1 saturated carbocycles. The summed E-state index contributed by atoms with van der Waals surface area (Å²) in [5, 5.41) is 2.17. The zero-order valence-corrected chi connectivity index (χ0v) is 14.5. The second kappa shape index (κ2) is 6.76. The number of benzene rings is 2. The molecule has 0 atom stereocenters. The number of fused-ring (bicyclic) bond motifs is 1. The van der Waals surface area contributed by atoms with Crippen LogP contribution >= 0.6 is 12.2 Å². The highest BCUT2D eigenvalue weighted by atomic mass is 32.1. The number of aliphatic imine (C=N–C) groups is 1. The predicted molar refractivity (Wildman–Crippen MR) is 103 cm³/mol. The Hall–Kier alpha value is -2.53. The quantitative estimate of drug-likeness (QED) is 0.395. The summed E-state index contributed by atoms with van der Waals surface area (Å²) in [4.78, 5) is 3.67. The molecule has 25 heavy (non-hydrogen) atoms. The molecule has 0 radical (unpaired) electrons. The monoisotopic (exact) mass is 345 g/mol. The van der Waals surface area contributed by atoms with E-state index >= 15 is 0 Å². The molecule has 2 aromatic rings. The van der Waals surface area contributed by atoms with E-state index in [9.17, 15) is 4.39 Å². The smallest absolute Gasteiger partial charge is 0.150 e. The minimum Gasteiger partial charge on any atom is -0.205 e. The van der Waals surface area contributed by atoms with Crippen LogP contribution in [0.1, 0.15) is 41.5 Å². The largest absolute Gasteiger partial charge is 0.205 e. The molecule has 3 heteroatoms. The third kappa shape index (κ3) is 3.77. The van der Waals surface area contributed by atoms with Crippen molar-refractivity contribution in [3.8, 4) is 11.8 Å². The van der Waals surface area contributed by atoms with Gasteiger partial charge in [0.05, 0.1) is 5.16 Å². The van der Waals surface area contributed by atoms with E-state index in [1.807, 2.05) is 6.07 Å². The summed E-state index contributed by atoms with van der Waals surface area (Å²) in [6.07, 6.45) is 7.38. The first-order valence-electron chi connectivity index (χ1n) is 8.43. The zero-order chi connectivity index (χ0) is 17.2. The molecule has 1 fully saturated rings. The molecule has 2 aliphatic rings. The summed E-state index contributed by atoms with van der Waals surface area (Å²) in [7, 11) is 0. The standard InChI is InChI=1S/C22H16FNS/c23-21-13-17(6-8-22(21)24-14-25)4-3-16-5-7-19-11-18(9-15-1-2-15)12-20(19)10-16/h5-8,10-11,13,15H,1-2,9,12H2. The molecule has 0 heterocycles. The second-order valence-electron chi connectivity index (χ2n) is 6.66. The number of thiocarbonyl (C=S) groups is 1. The minimum absolute atomic E-state index is 0.187. The van der Waals surface area contributed by atoms with Crippen molar-refractivity contribution in [1.29, 1.82) is 0 Å². The van der Waals surface area contributed by atoms with Gasteiger partial charge in [-0.05, 0) is 85.3 Å². The molecule has 122 valence electrons. The van der Waals surface area contributed by atoms with Crippen LogP contribution in [0.2, 0.25) is 0 Å². The van der Waals surface area contributed by atoms with Crippen LogP contribution in [0.25, 0.3) is 6.08 Å². The van der Waals surface area contributed by atoms with E-state index in [1.54, 1.807) is 17.7 Å². The molecule has 1 nitrogen and oxygen atoms in total. The first kappa shape index (κ1) is 16.0. The number of hydrogen-bond acceptors (Lipinski definition) is 2. The molecule has 0 N–H and O–H groups in total. The van der Waals surface area contributed by atoms with Crippen LogP contribution in [-0.2, 0) is 6.42 Å². The second-order valence-corrected chi connectivity index (χ2v) is 6.84. The fourth-order valence-corrected chi connectivity index (χ4v) is 3.28. The highest BCUT2D eigenvalue weighted by molar-refractivity contribution is 7.78. The summed E-state index contributed by atoms with van der Waals surface area (Å²) >= 11 is 4.50. The van der Waals surface area contributed by atoms with Crippen molar-refractivity contribution in [2.75, 3.05) is 0 Å². The Morgan fingerprint density at radius 1 is 1.08 bits per heavy atom. The Bertz CT molecular complexity index is 983. The Kier molecular flexibility index (Phi) is 4.32. The van der Waals surface area contributed by atoms with Crippen LogP contribution in [-0.4, -0.2) is 5.16 Å². The van der Waals surface area contributed by atoms with Gasteiger partial charge in [0.25, 0.3) is 0 Å². The maximum atomic E-state index is 13.8. The number of rotatable bonds is 3. The third-order valence-corrected chi connectivity index (χ3v) is 4.72. The molecule has 0 saturated heterocycles. The SMILES string of the molecule is Fc1cc(C#Cc2ccc3c(c2)CC(CC2CC2)=C3)ccc1N=C=S. The number of allylic oxidation sites excluding steroid dienone is 1. The van der Waals surface area contributed by atoms with E-state index in [4.69, 9.17) is 0 Å². The lowest BCUT2D eigenvalue weighted by Gasteiger charge is -2.00. The maximum absolute atomic E-state index is 13.8. The van der Waals surface area contributed by atoms with Crippen LogP contribution in [0.15, 0.2) is 47.0 Å². The van der Waals surface area contributed by atoms with E-state index in [1.165, 1.54) is 36.5 Å². The molecule has 0 aliphatic heterocycles. The molecular weight excluding hydrogens is 329 g/mol. The van der Waals surface area contributed by atoms with E-state index in [2.05, 4.69) is 52.4 Å². The highest BCUT2D eigenvalue weighted by Crippen LogP contribution is 2.39. The van der Waals surface area contributed by atoms with Crippen LogP contribution < -0.4 is 0 Å². The first-order chi connectivity index (χ1) is 12.2. The number of halogens is 1. The average molecular weight is 345 g/mol. The van der Waals surface area contributed by atoms with Crippen molar-refractivity contribution >= 4 is 29.1 Å². The van der Waals surface area contributed by atoms with Crippen molar-refractivity contribution in [2.24, 2.45) is 10.9 Å². The number of isothiocyanates is 1. The summed E-state index contributed by atoms with van der Waals surface area (Å²) in [5.74, 6) is 6.63. The molecule has 2 aliphatic carbocycles. The van der Waals surface area contributed by atoms with Gasteiger partial charge in [-0.1, -0.05) is 29.6 Å². The summed E-state index contributed by atoms with van der Waals surface area (Å²) < 4.78 is 13.8. The van der Waals surface area contributed by atoms with Gasteiger partial charge in [-0.25, -0.2) is 4.39 Å². The summed E-state index contributed by atoms with van der Waals surface area (Å²) in [6.45, 7) is 0. The first-order valence-corrected chi connectivity index (χ1v) is 8.84. The van der Waals surface area contributed by atoms with Gasteiger partial charge in [0.15, 0.2) is 5.82 Å². The van der Waals surface area contributed by atoms with Crippen LogP contribution in [0.5, 0.6) is 0 Å². The lowest BCUT2D eigenvalue weighted by molar-refractivity contribution is 0.629. The highest BCUT2D eigenvalue weighted by Gasteiger charge is 2.24. The molecule has 2 aromatic carbocycles. The third-order valence-electron chi connectivity index (χ3n) is 4.63. The van der Waals surface area contributed by atoms with Crippen molar-refractivity contribution < 1.29 is 4.39 Å². The topological polar surface area (TPSA) is 12.4 Å². The van der Waals surface area contributed by atoms with Gasteiger partial charge < -0.3 is 0 Å². The normalized spacial score (nSPS) is 14.8. The molecule has 0 aromatic heterocycles. The molecule has 0 spiro atoms. The Morgan fingerprint density at radius 2 is 1.84 bits per heavy atom. The van der Waals surface area contributed by atoms with Crippen LogP contribution in [0, 0.1) is 23.6 Å². The Labute approximate surface area is 152 Å². The lowest BCUT2D eigenvalue weighted by atomic mass is 10.0. The molecule has 0 bridgehead atoms. The van der Waals surface area contributed by atoms with Gasteiger partial charge in [0.1, 0.15) is 5.69 Å². The van der Waals surface area contributed by atoms with E-state index in [0.717, 1.165) is 17.9 Å². The summed E-state index contributed by atoms with van der Waals surface area (Å²) in [6, 6.07) is 11.0. The number of hydrogen-bond donors (Lipinski definition) is 0. The zero-order valence-electron chi connectivity index (χ0n) is 13.7. The summed E-state index contributed by atoms with van der Waals surface area (Å²) in [5.41, 5.74) is 5.97. The minimum atomic E-state index is -0.438. The van der Waals surface area contributed by atoms with E-state index in [-0.39, 0.29) is 5.69 Å². The predicted octanol–water partition coefficient (Wildman–Crippen LogP) is 5.70. The fourth-order valence-electron chi connectivity index (χ4n) is 3.19. The molecule has 0 unspecified atom stereocenters. The van der Waals surface area contributed by atoms with Gasteiger partial charge in [-0.2, -0.15) is 4.99 Å².